The zero-order valence-electron chi connectivity index (χ0n) is 19.2. The number of rotatable bonds is 7. The molecule has 7 nitrogen and oxygen atoms in total. The molecule has 2 aliphatic heterocycles. The van der Waals surface area contributed by atoms with E-state index in [0.29, 0.717) is 0 Å². The number of halogens is 3. The molecule has 3 atom stereocenters. The van der Waals surface area contributed by atoms with Crippen molar-refractivity contribution in [2.24, 2.45) is 0 Å². The summed E-state index contributed by atoms with van der Waals surface area (Å²) in [7, 11) is 0. The van der Waals surface area contributed by atoms with E-state index in [9.17, 15) is 9.90 Å². The molecule has 0 aromatic heterocycles. The van der Waals surface area contributed by atoms with E-state index in [1.807, 2.05) is 48.5 Å². The molecule has 190 valence electrons. The van der Waals surface area contributed by atoms with E-state index in [1.54, 1.807) is 0 Å². The maximum Gasteiger partial charge on any atom is 0.272 e. The van der Waals surface area contributed by atoms with Gasteiger partial charge in [-0.15, -0.1) is 0 Å². The molecule has 10 heteroatoms. The minimum absolute atomic E-state index is 0.00562. The number of amides is 1. The molecule has 35 heavy (non-hydrogen) atoms. The molecule has 0 spiro atoms. The minimum Gasteiger partial charge on any atom is -0.392 e. The quantitative estimate of drug-likeness (QED) is 0.513. The highest BCUT2D eigenvalue weighted by molar-refractivity contribution is 6.76. The second kappa shape index (κ2) is 12.2. The van der Waals surface area contributed by atoms with Crippen LogP contribution in [0.25, 0.3) is 0 Å². The standard InChI is InChI=1S/C25H29Cl3N2O5/c26-25(27,28)24(32)29-14-17-1-7-20(8-2-17)23-34-21(15-30-9-11-33-12-10-30)13-22(35-23)19-5-3-18(16-31)4-6-19/h1-8,21-23,31H,9-16H2,(H,29,32)/t21-,22+,23+/m0/s1. The second-order valence-electron chi connectivity index (χ2n) is 8.69. The Morgan fingerprint density at radius 3 is 2.23 bits per heavy atom. The van der Waals surface area contributed by atoms with E-state index >= 15 is 0 Å². The summed E-state index contributed by atoms with van der Waals surface area (Å²) >= 11 is 16.8. The third kappa shape index (κ3) is 7.54. The maximum atomic E-state index is 11.8. The van der Waals surface area contributed by atoms with Crippen LogP contribution < -0.4 is 5.32 Å². The van der Waals surface area contributed by atoms with Gasteiger partial charge in [0.05, 0.1) is 32.0 Å². The van der Waals surface area contributed by atoms with E-state index in [0.717, 1.165) is 61.5 Å². The van der Waals surface area contributed by atoms with Crippen LogP contribution in [-0.2, 0) is 32.2 Å². The molecule has 2 aliphatic rings. The summed E-state index contributed by atoms with van der Waals surface area (Å²) in [5, 5.41) is 12.0. The molecule has 0 unspecified atom stereocenters. The smallest absolute Gasteiger partial charge is 0.272 e. The van der Waals surface area contributed by atoms with E-state index in [4.69, 9.17) is 49.0 Å². The molecule has 2 aromatic carbocycles. The molecule has 0 radical (unpaired) electrons. The molecular formula is C25H29Cl3N2O5. The number of carbonyl (C=O) groups is 1. The molecule has 2 N–H and O–H groups in total. The molecule has 0 bridgehead atoms. The number of hydrogen-bond acceptors (Lipinski definition) is 6. The molecule has 0 saturated carbocycles. The summed E-state index contributed by atoms with van der Waals surface area (Å²) < 4.78 is 16.3. The third-order valence-corrected chi connectivity index (χ3v) is 6.66. The highest BCUT2D eigenvalue weighted by Crippen LogP contribution is 2.38. The minimum atomic E-state index is -2.00. The number of morpholine rings is 1. The van der Waals surface area contributed by atoms with Crippen LogP contribution in [0.1, 0.15) is 41.1 Å². The Balaban J connectivity index is 1.46. The second-order valence-corrected chi connectivity index (χ2v) is 11.0. The summed E-state index contributed by atoms with van der Waals surface area (Å²) in [5.41, 5.74) is 3.64. The van der Waals surface area contributed by atoms with Crippen LogP contribution in [0.5, 0.6) is 0 Å². The molecule has 2 saturated heterocycles. The number of alkyl halides is 3. The van der Waals surface area contributed by atoms with Crippen molar-refractivity contribution in [1.82, 2.24) is 10.2 Å². The fourth-order valence-corrected chi connectivity index (χ4v) is 4.38. The fraction of sp³-hybridized carbons (Fsp3) is 0.480. The lowest BCUT2D eigenvalue weighted by Crippen LogP contribution is -2.44. The first-order valence-corrected chi connectivity index (χ1v) is 12.7. The topological polar surface area (TPSA) is 80.3 Å². The van der Waals surface area contributed by atoms with E-state index in [2.05, 4.69) is 10.2 Å². The first kappa shape index (κ1) is 26.6. The van der Waals surface area contributed by atoms with Gasteiger partial charge in [0, 0.05) is 38.2 Å². The first-order chi connectivity index (χ1) is 16.8. The molecule has 2 aromatic rings. The largest absolute Gasteiger partial charge is 0.392 e. The molecule has 0 aliphatic carbocycles. The van der Waals surface area contributed by atoms with Crippen molar-refractivity contribution in [2.45, 2.75) is 41.9 Å². The average Bonchev–Trinajstić information content (AvgIpc) is 2.87. The molecular weight excluding hydrogens is 515 g/mol. The van der Waals surface area contributed by atoms with Gasteiger partial charge in [-0.05, 0) is 16.7 Å². The van der Waals surface area contributed by atoms with E-state index in [1.165, 1.54) is 0 Å². The van der Waals surface area contributed by atoms with Crippen molar-refractivity contribution < 1.29 is 24.1 Å². The predicted octanol–water partition coefficient (Wildman–Crippen LogP) is 4.04. The van der Waals surface area contributed by atoms with Crippen LogP contribution in [0.15, 0.2) is 48.5 Å². The van der Waals surface area contributed by atoms with Crippen molar-refractivity contribution in [3.05, 3.63) is 70.8 Å². The van der Waals surface area contributed by atoms with Crippen molar-refractivity contribution >= 4 is 40.7 Å². The Morgan fingerprint density at radius 1 is 0.971 bits per heavy atom. The Kier molecular flexibility index (Phi) is 9.29. The lowest BCUT2D eigenvalue weighted by Gasteiger charge is -2.39. The van der Waals surface area contributed by atoms with Gasteiger partial charge in [0.15, 0.2) is 6.29 Å². The molecule has 2 heterocycles. The zero-order chi connectivity index (χ0) is 24.8. The number of ether oxygens (including phenoxy) is 3. The van der Waals surface area contributed by atoms with Gasteiger partial charge in [-0.1, -0.05) is 83.3 Å². The van der Waals surface area contributed by atoms with Crippen molar-refractivity contribution in [2.75, 3.05) is 32.8 Å². The highest BCUT2D eigenvalue weighted by Gasteiger charge is 2.33. The number of hydrogen-bond donors (Lipinski definition) is 2. The summed E-state index contributed by atoms with van der Waals surface area (Å²) in [6.45, 7) is 4.27. The summed E-state index contributed by atoms with van der Waals surface area (Å²) in [5.74, 6) is -0.675. The Morgan fingerprint density at radius 2 is 1.60 bits per heavy atom. The van der Waals surface area contributed by atoms with E-state index in [-0.39, 0.29) is 25.4 Å². The third-order valence-electron chi connectivity index (χ3n) is 6.14. The van der Waals surface area contributed by atoms with Crippen molar-refractivity contribution in [1.29, 1.82) is 0 Å². The summed E-state index contributed by atoms with van der Waals surface area (Å²) in [4.78, 5) is 14.2. The van der Waals surface area contributed by atoms with Gasteiger partial charge >= 0.3 is 0 Å². The number of nitrogens with one attached hydrogen (secondary N) is 1. The zero-order valence-corrected chi connectivity index (χ0v) is 21.4. The van der Waals surface area contributed by atoms with Gasteiger partial charge in [-0.25, -0.2) is 0 Å². The Labute approximate surface area is 220 Å². The van der Waals surface area contributed by atoms with Gasteiger partial charge in [0.1, 0.15) is 0 Å². The average molecular weight is 544 g/mol. The van der Waals surface area contributed by atoms with Crippen LogP contribution in [0.3, 0.4) is 0 Å². The van der Waals surface area contributed by atoms with Crippen LogP contribution >= 0.6 is 34.8 Å². The van der Waals surface area contributed by atoms with Gasteiger partial charge in [-0.2, -0.15) is 0 Å². The van der Waals surface area contributed by atoms with Crippen LogP contribution in [0.4, 0.5) is 0 Å². The lowest BCUT2D eigenvalue weighted by atomic mass is 9.99. The lowest BCUT2D eigenvalue weighted by molar-refractivity contribution is -0.253. The highest BCUT2D eigenvalue weighted by atomic mass is 35.6. The number of aliphatic hydroxyl groups is 1. The van der Waals surface area contributed by atoms with Gasteiger partial charge in [-0.3, -0.25) is 9.69 Å². The van der Waals surface area contributed by atoms with Crippen molar-refractivity contribution in [3.63, 3.8) is 0 Å². The van der Waals surface area contributed by atoms with Crippen molar-refractivity contribution in [3.8, 4) is 0 Å². The molecule has 1 amide bonds. The Bertz CT molecular complexity index is 963. The van der Waals surface area contributed by atoms with Crippen LogP contribution in [0.2, 0.25) is 0 Å². The number of aliphatic hydroxyl groups excluding tert-OH is 1. The first-order valence-electron chi connectivity index (χ1n) is 11.6. The maximum absolute atomic E-state index is 11.8. The number of nitrogens with zero attached hydrogens (tertiary/aromatic N) is 1. The normalized spacial score (nSPS) is 23.7. The Hall–Kier alpha value is -1.42. The monoisotopic (exact) mass is 542 g/mol. The van der Waals surface area contributed by atoms with E-state index < -0.39 is 16.0 Å². The summed E-state index contributed by atoms with van der Waals surface area (Å²) in [6.07, 6.45) is 0.0310. The molecule has 2 fully saturated rings. The number of benzene rings is 2. The SMILES string of the molecule is O=C(NCc1ccc([C@@H]2O[C@H](CN3CCOCC3)C[C@H](c3ccc(CO)cc3)O2)cc1)C(Cl)(Cl)Cl. The van der Waals surface area contributed by atoms with Crippen LogP contribution in [-0.4, -0.2) is 58.7 Å². The predicted molar refractivity (Wildman–Crippen MR) is 134 cm³/mol. The molecule has 4 rings (SSSR count). The summed E-state index contributed by atoms with van der Waals surface area (Å²) in [6, 6.07) is 15.5. The van der Waals surface area contributed by atoms with Crippen LogP contribution in [0, 0.1) is 0 Å². The van der Waals surface area contributed by atoms with Gasteiger partial charge in [0.25, 0.3) is 9.70 Å². The van der Waals surface area contributed by atoms with Gasteiger partial charge < -0.3 is 24.6 Å². The van der Waals surface area contributed by atoms with Gasteiger partial charge in [0.2, 0.25) is 0 Å². The number of carbonyl (C=O) groups excluding carboxylic acids is 1. The fourth-order valence-electron chi connectivity index (χ4n) is 4.18.